The van der Waals surface area contributed by atoms with E-state index in [0.717, 1.165) is 70.6 Å². The molecule has 0 radical (unpaired) electrons. The number of primary amides is 1. The molecule has 0 aromatic heterocycles. The quantitative estimate of drug-likeness (QED) is 0.232. The van der Waals surface area contributed by atoms with Gasteiger partial charge in [0.2, 0.25) is 23.5 Å². The van der Waals surface area contributed by atoms with E-state index in [1.165, 1.54) is 0 Å². The Morgan fingerprint density at radius 2 is 1.48 bits per heavy atom. The Morgan fingerprint density at radius 1 is 0.815 bits per heavy atom. The summed E-state index contributed by atoms with van der Waals surface area (Å²) in [6, 6.07) is -4.30. The van der Waals surface area contributed by atoms with Gasteiger partial charge in [0.15, 0.2) is 0 Å². The number of Topliss-reactive ketones (excluding diaryl/α,β-unsaturated/α-hetero) is 1. The molecule has 5 N–H and O–H groups in total. The maximum Gasteiger partial charge on any atom is 0.316 e. The predicted molar refractivity (Wildman–Crippen MR) is 203 cm³/mol. The molecule has 4 saturated carbocycles. The number of carbonyl (C=O) groups is 6. The fourth-order valence-electron chi connectivity index (χ4n) is 11.2. The van der Waals surface area contributed by atoms with E-state index in [9.17, 15) is 28.8 Å². The maximum atomic E-state index is 15.0. The topological polar surface area (TPSA) is 180 Å². The molecule has 2 aliphatic heterocycles. The SMILES string of the molecule is CC1(C)CN(C(=O)C(NC(=O)NC(C(=O)N2CC3(CC2C(=O)NC(CC2CCC2)C(=O)C(N)=O)C(C)(C)C32CCC2)C(C)(C)C)C2CCCCC2)CCO1. The van der Waals surface area contributed by atoms with Gasteiger partial charge in [-0.15, -0.1) is 0 Å². The zero-order valence-electron chi connectivity index (χ0n) is 33.8. The molecule has 2 spiro atoms. The van der Waals surface area contributed by atoms with Gasteiger partial charge in [0.25, 0.3) is 5.91 Å². The van der Waals surface area contributed by atoms with Crippen LogP contribution in [0.4, 0.5) is 4.79 Å². The molecule has 5 atom stereocenters. The van der Waals surface area contributed by atoms with Crippen molar-refractivity contribution in [2.75, 3.05) is 26.2 Å². The van der Waals surface area contributed by atoms with E-state index < -0.39 is 58.8 Å². The van der Waals surface area contributed by atoms with Crippen LogP contribution >= 0.6 is 0 Å². The number of fused-ring (bicyclic) bond motifs is 1. The minimum atomic E-state index is -1.09. The smallest absolute Gasteiger partial charge is 0.316 e. The summed E-state index contributed by atoms with van der Waals surface area (Å²) >= 11 is 0. The molecular formula is C41H66N6O7. The first-order valence-electron chi connectivity index (χ1n) is 20.7. The van der Waals surface area contributed by atoms with Crippen LogP contribution in [0.5, 0.6) is 0 Å². The summed E-state index contributed by atoms with van der Waals surface area (Å²) < 4.78 is 5.86. The van der Waals surface area contributed by atoms with Crippen LogP contribution in [0.2, 0.25) is 0 Å². The lowest BCUT2D eigenvalue weighted by Gasteiger charge is -2.41. The van der Waals surface area contributed by atoms with E-state index in [0.29, 0.717) is 39.1 Å². The number of hydrogen-bond donors (Lipinski definition) is 4. The number of nitrogens with one attached hydrogen (secondary N) is 3. The van der Waals surface area contributed by atoms with Gasteiger partial charge >= 0.3 is 6.03 Å². The zero-order valence-corrected chi connectivity index (χ0v) is 33.8. The molecule has 54 heavy (non-hydrogen) atoms. The molecule has 6 amide bonds. The fourth-order valence-corrected chi connectivity index (χ4v) is 11.2. The average Bonchev–Trinajstić information content (AvgIpc) is 3.27. The second-order valence-corrected chi connectivity index (χ2v) is 19.8. The summed E-state index contributed by atoms with van der Waals surface area (Å²) in [5.41, 5.74) is 3.81. The molecule has 13 heteroatoms. The third-order valence-electron chi connectivity index (χ3n) is 14.9. The van der Waals surface area contributed by atoms with Gasteiger partial charge < -0.3 is 36.2 Å². The molecule has 6 aliphatic rings. The van der Waals surface area contributed by atoms with Crippen molar-refractivity contribution in [1.29, 1.82) is 0 Å². The average molecular weight is 755 g/mol. The molecule has 302 valence electrons. The first-order valence-corrected chi connectivity index (χ1v) is 20.7. The standard InChI is InChI=1S/C41H66N6O7/c1-37(2,3)31(45-36(53)44-29(26-15-9-8-10-16-26)34(51)46-19-20-54-38(4,5)23-46)35(52)47-24-41(39(6,7)40(41)17-12-18-40)22-28(47)33(50)43-27(30(48)32(42)49)21-25-13-11-14-25/h25-29,31H,8-24H2,1-7H3,(H2,42,49)(H,43,50)(H2,44,45,53). The molecule has 2 heterocycles. The molecule has 2 saturated heterocycles. The summed E-state index contributed by atoms with van der Waals surface area (Å²) in [5, 5.41) is 8.89. The molecule has 5 unspecified atom stereocenters. The number of nitrogens with two attached hydrogens (primary N) is 1. The van der Waals surface area contributed by atoms with Gasteiger partial charge in [-0.05, 0) is 80.5 Å². The largest absolute Gasteiger partial charge is 0.372 e. The number of rotatable bonds is 11. The number of ether oxygens (including phenoxy) is 1. The fraction of sp³-hybridized carbons (Fsp3) is 0.854. The number of urea groups is 1. The van der Waals surface area contributed by atoms with Gasteiger partial charge in [-0.2, -0.15) is 0 Å². The van der Waals surface area contributed by atoms with Crippen LogP contribution in [0.3, 0.4) is 0 Å². The van der Waals surface area contributed by atoms with Gasteiger partial charge in [-0.25, -0.2) is 4.79 Å². The third-order valence-corrected chi connectivity index (χ3v) is 14.9. The van der Waals surface area contributed by atoms with Gasteiger partial charge in [-0.3, -0.25) is 24.0 Å². The molecular weight excluding hydrogens is 688 g/mol. The molecule has 4 aliphatic carbocycles. The summed E-state index contributed by atoms with van der Waals surface area (Å²) in [5.74, 6) is -2.68. The van der Waals surface area contributed by atoms with Crippen molar-refractivity contribution in [2.24, 2.45) is 39.2 Å². The van der Waals surface area contributed by atoms with Crippen molar-refractivity contribution in [2.45, 2.75) is 162 Å². The molecule has 0 bridgehead atoms. The number of carbonyl (C=O) groups excluding carboxylic acids is 6. The minimum Gasteiger partial charge on any atom is -0.372 e. The number of likely N-dealkylation sites (tertiary alicyclic amines) is 1. The van der Waals surface area contributed by atoms with Crippen LogP contribution in [-0.2, 0) is 28.7 Å². The van der Waals surface area contributed by atoms with Crippen molar-refractivity contribution in [3.63, 3.8) is 0 Å². The van der Waals surface area contributed by atoms with Crippen molar-refractivity contribution >= 4 is 35.4 Å². The molecule has 0 aromatic rings. The van der Waals surface area contributed by atoms with Gasteiger partial charge in [0.1, 0.15) is 18.1 Å². The van der Waals surface area contributed by atoms with Crippen molar-refractivity contribution in [3.8, 4) is 0 Å². The minimum absolute atomic E-state index is 0.0194. The van der Waals surface area contributed by atoms with Gasteiger partial charge in [-0.1, -0.05) is 79.6 Å². The number of nitrogens with zero attached hydrogens (tertiary/aromatic N) is 2. The van der Waals surface area contributed by atoms with E-state index in [2.05, 4.69) is 29.8 Å². The second-order valence-electron chi connectivity index (χ2n) is 19.8. The number of hydrogen-bond acceptors (Lipinski definition) is 7. The second kappa shape index (κ2) is 14.7. The Labute approximate surface area is 321 Å². The molecule has 0 aromatic carbocycles. The Balaban J connectivity index is 1.24. The van der Waals surface area contributed by atoms with Gasteiger partial charge in [0, 0.05) is 25.0 Å². The third kappa shape index (κ3) is 7.27. The van der Waals surface area contributed by atoms with E-state index in [1.807, 2.05) is 34.6 Å². The normalized spacial score (nSPS) is 29.0. The van der Waals surface area contributed by atoms with Crippen LogP contribution in [0.15, 0.2) is 0 Å². The van der Waals surface area contributed by atoms with Crippen LogP contribution in [-0.4, -0.2) is 101 Å². The van der Waals surface area contributed by atoms with E-state index in [-0.39, 0.29) is 39.9 Å². The van der Waals surface area contributed by atoms with Crippen LogP contribution in [0, 0.1) is 33.5 Å². The zero-order chi connectivity index (χ0) is 39.4. The highest BCUT2D eigenvalue weighted by Gasteiger charge is 2.85. The van der Waals surface area contributed by atoms with Crippen molar-refractivity contribution < 1.29 is 33.5 Å². The van der Waals surface area contributed by atoms with Crippen molar-refractivity contribution in [1.82, 2.24) is 25.8 Å². The van der Waals surface area contributed by atoms with Crippen LogP contribution < -0.4 is 21.7 Å². The summed E-state index contributed by atoms with van der Waals surface area (Å²) in [6.07, 6.45) is 11.5. The summed E-state index contributed by atoms with van der Waals surface area (Å²) in [7, 11) is 0. The first kappa shape index (κ1) is 40.4. The van der Waals surface area contributed by atoms with E-state index in [1.54, 1.807) is 9.80 Å². The molecule has 13 nitrogen and oxygen atoms in total. The Kier molecular flexibility index (Phi) is 11.0. The monoisotopic (exact) mass is 754 g/mol. The van der Waals surface area contributed by atoms with E-state index in [4.69, 9.17) is 10.5 Å². The first-order chi connectivity index (χ1) is 25.2. The molecule has 6 rings (SSSR count). The highest BCUT2D eigenvalue weighted by atomic mass is 16.5. The van der Waals surface area contributed by atoms with Crippen LogP contribution in [0.25, 0.3) is 0 Å². The van der Waals surface area contributed by atoms with E-state index >= 15 is 0 Å². The Hall–Kier alpha value is -3.22. The number of amides is 6. The lowest BCUT2D eigenvalue weighted by Crippen LogP contribution is -2.63. The lowest BCUT2D eigenvalue weighted by atomic mass is 9.73. The Morgan fingerprint density at radius 3 is 2.00 bits per heavy atom. The Bertz CT molecular complexity index is 1510. The summed E-state index contributed by atoms with van der Waals surface area (Å²) in [4.78, 5) is 86.0. The lowest BCUT2D eigenvalue weighted by molar-refractivity contribution is -0.149. The summed E-state index contributed by atoms with van der Waals surface area (Å²) in [6.45, 7) is 15.7. The molecule has 6 fully saturated rings. The highest BCUT2D eigenvalue weighted by Crippen LogP contribution is 2.88. The number of morpholine rings is 1. The van der Waals surface area contributed by atoms with Crippen LogP contribution in [0.1, 0.15) is 132 Å². The number of ketones is 1. The maximum absolute atomic E-state index is 15.0. The predicted octanol–water partition coefficient (Wildman–Crippen LogP) is 3.81. The van der Waals surface area contributed by atoms with Gasteiger partial charge in [0.05, 0.1) is 18.2 Å². The van der Waals surface area contributed by atoms with Crippen molar-refractivity contribution in [3.05, 3.63) is 0 Å². The highest BCUT2D eigenvalue weighted by molar-refractivity contribution is 6.37.